The van der Waals surface area contributed by atoms with E-state index in [1.807, 2.05) is 18.2 Å². The Hall–Kier alpha value is -0.630. The Kier molecular flexibility index (Phi) is 3.30. The Morgan fingerprint density at radius 3 is 2.91 bits per heavy atom. The van der Waals surface area contributed by atoms with Crippen molar-refractivity contribution < 1.29 is 4.39 Å². The molecule has 0 bridgehead atoms. The SMILES string of the molecule is Fc1cccc(/C=C/CBr)c1. The lowest BCUT2D eigenvalue weighted by molar-refractivity contribution is 0.627. The Morgan fingerprint density at radius 2 is 2.27 bits per heavy atom. The maximum atomic E-state index is 12.5. The molecule has 0 amide bonds. The van der Waals surface area contributed by atoms with Crippen molar-refractivity contribution >= 4 is 22.0 Å². The highest BCUT2D eigenvalue weighted by atomic mass is 79.9. The van der Waals surface area contributed by atoms with E-state index >= 15 is 0 Å². The zero-order valence-electron chi connectivity index (χ0n) is 5.93. The molecule has 11 heavy (non-hydrogen) atoms. The van der Waals surface area contributed by atoms with Crippen LogP contribution in [-0.2, 0) is 0 Å². The zero-order valence-corrected chi connectivity index (χ0v) is 7.51. The molecule has 0 N–H and O–H groups in total. The fourth-order valence-corrected chi connectivity index (χ4v) is 0.978. The second kappa shape index (κ2) is 4.29. The zero-order chi connectivity index (χ0) is 8.10. The van der Waals surface area contributed by atoms with Gasteiger partial charge in [0.05, 0.1) is 0 Å². The van der Waals surface area contributed by atoms with Gasteiger partial charge >= 0.3 is 0 Å². The highest BCUT2D eigenvalue weighted by Crippen LogP contribution is 2.05. The van der Waals surface area contributed by atoms with Crippen molar-refractivity contribution in [3.05, 3.63) is 41.7 Å². The van der Waals surface area contributed by atoms with Crippen LogP contribution in [0.4, 0.5) is 4.39 Å². The molecule has 1 rings (SSSR count). The molecule has 0 aliphatic heterocycles. The minimum atomic E-state index is -0.193. The van der Waals surface area contributed by atoms with Crippen LogP contribution in [0.3, 0.4) is 0 Å². The van der Waals surface area contributed by atoms with Gasteiger partial charge in [-0.15, -0.1) is 0 Å². The van der Waals surface area contributed by atoms with E-state index in [1.54, 1.807) is 6.07 Å². The van der Waals surface area contributed by atoms with E-state index in [0.29, 0.717) is 0 Å². The standard InChI is InChI=1S/C9H8BrF/c10-6-2-4-8-3-1-5-9(11)7-8/h1-5,7H,6H2/b4-2+. The van der Waals surface area contributed by atoms with Crippen LogP contribution in [0.1, 0.15) is 5.56 Å². The molecule has 0 saturated carbocycles. The summed E-state index contributed by atoms with van der Waals surface area (Å²) in [6.45, 7) is 0. The Bertz CT molecular complexity index is 255. The van der Waals surface area contributed by atoms with Crippen LogP contribution in [-0.4, -0.2) is 5.33 Å². The van der Waals surface area contributed by atoms with Crippen molar-refractivity contribution in [3.63, 3.8) is 0 Å². The van der Waals surface area contributed by atoms with E-state index in [9.17, 15) is 4.39 Å². The largest absolute Gasteiger partial charge is 0.207 e. The third kappa shape index (κ3) is 2.85. The van der Waals surface area contributed by atoms with Gasteiger partial charge in [-0.3, -0.25) is 0 Å². The summed E-state index contributed by atoms with van der Waals surface area (Å²) in [5.41, 5.74) is 0.893. The molecular weight excluding hydrogens is 207 g/mol. The van der Waals surface area contributed by atoms with Crippen molar-refractivity contribution in [2.75, 3.05) is 5.33 Å². The summed E-state index contributed by atoms with van der Waals surface area (Å²) in [6.07, 6.45) is 3.80. The van der Waals surface area contributed by atoms with Gasteiger partial charge in [0, 0.05) is 5.33 Å². The van der Waals surface area contributed by atoms with Gasteiger partial charge in [-0.2, -0.15) is 0 Å². The lowest BCUT2D eigenvalue weighted by Crippen LogP contribution is -1.74. The number of hydrogen-bond acceptors (Lipinski definition) is 0. The van der Waals surface area contributed by atoms with E-state index < -0.39 is 0 Å². The lowest BCUT2D eigenvalue weighted by Gasteiger charge is -1.91. The van der Waals surface area contributed by atoms with Crippen LogP contribution in [0, 0.1) is 5.82 Å². The molecule has 0 heterocycles. The summed E-state index contributed by atoms with van der Waals surface area (Å²) in [6, 6.07) is 6.50. The first-order valence-electron chi connectivity index (χ1n) is 3.31. The molecule has 1 aromatic carbocycles. The molecule has 0 aliphatic rings. The Labute approximate surface area is 73.9 Å². The molecule has 0 radical (unpaired) electrons. The molecule has 0 fully saturated rings. The summed E-state index contributed by atoms with van der Waals surface area (Å²) in [5.74, 6) is -0.193. The van der Waals surface area contributed by atoms with Gasteiger partial charge in [-0.25, -0.2) is 4.39 Å². The number of allylic oxidation sites excluding steroid dienone is 1. The van der Waals surface area contributed by atoms with E-state index in [-0.39, 0.29) is 5.82 Å². The first-order valence-corrected chi connectivity index (χ1v) is 4.43. The molecule has 0 nitrogen and oxygen atoms in total. The minimum Gasteiger partial charge on any atom is -0.207 e. The Balaban J connectivity index is 2.79. The molecule has 0 aliphatic carbocycles. The number of benzene rings is 1. The van der Waals surface area contributed by atoms with Gasteiger partial charge in [0.2, 0.25) is 0 Å². The molecule has 0 aromatic heterocycles. The van der Waals surface area contributed by atoms with Gasteiger partial charge in [-0.05, 0) is 17.7 Å². The summed E-state index contributed by atoms with van der Waals surface area (Å²) in [7, 11) is 0. The van der Waals surface area contributed by atoms with Crippen LogP contribution < -0.4 is 0 Å². The molecule has 0 spiro atoms. The minimum absolute atomic E-state index is 0.193. The summed E-state index contributed by atoms with van der Waals surface area (Å²) >= 11 is 3.24. The van der Waals surface area contributed by atoms with Crippen LogP contribution in [0.5, 0.6) is 0 Å². The normalized spacial score (nSPS) is 10.7. The first-order chi connectivity index (χ1) is 5.33. The average Bonchev–Trinajstić information content (AvgIpc) is 2.01. The molecule has 58 valence electrons. The number of alkyl halides is 1. The van der Waals surface area contributed by atoms with Crippen LogP contribution in [0.2, 0.25) is 0 Å². The summed E-state index contributed by atoms with van der Waals surface area (Å²) < 4.78 is 12.5. The van der Waals surface area contributed by atoms with Crippen LogP contribution >= 0.6 is 15.9 Å². The summed E-state index contributed by atoms with van der Waals surface area (Å²) in [5, 5.41) is 0.795. The van der Waals surface area contributed by atoms with Gasteiger partial charge in [-0.1, -0.05) is 40.2 Å². The molecule has 0 atom stereocenters. The second-order valence-corrected chi connectivity index (χ2v) is 2.76. The third-order valence-electron chi connectivity index (χ3n) is 1.25. The highest BCUT2D eigenvalue weighted by Gasteiger charge is 1.88. The van der Waals surface area contributed by atoms with Crippen molar-refractivity contribution in [1.82, 2.24) is 0 Å². The van der Waals surface area contributed by atoms with Gasteiger partial charge < -0.3 is 0 Å². The van der Waals surface area contributed by atoms with E-state index in [0.717, 1.165) is 10.9 Å². The molecule has 2 heteroatoms. The van der Waals surface area contributed by atoms with E-state index in [2.05, 4.69) is 15.9 Å². The molecule has 0 saturated heterocycles. The van der Waals surface area contributed by atoms with Crippen molar-refractivity contribution in [1.29, 1.82) is 0 Å². The van der Waals surface area contributed by atoms with Crippen molar-refractivity contribution in [3.8, 4) is 0 Å². The molecule has 1 aromatic rings. The fraction of sp³-hybridized carbons (Fsp3) is 0.111. The van der Waals surface area contributed by atoms with Crippen molar-refractivity contribution in [2.24, 2.45) is 0 Å². The Morgan fingerprint density at radius 1 is 1.45 bits per heavy atom. The maximum absolute atomic E-state index is 12.5. The van der Waals surface area contributed by atoms with Gasteiger partial charge in [0.15, 0.2) is 0 Å². The fourth-order valence-electron chi connectivity index (χ4n) is 0.791. The predicted molar refractivity (Wildman–Crippen MR) is 49.2 cm³/mol. The monoisotopic (exact) mass is 214 g/mol. The molecular formula is C9H8BrF. The smallest absolute Gasteiger partial charge is 0.123 e. The molecule has 0 unspecified atom stereocenters. The quantitative estimate of drug-likeness (QED) is 0.664. The third-order valence-corrected chi connectivity index (χ3v) is 1.62. The number of halogens is 2. The van der Waals surface area contributed by atoms with Crippen LogP contribution in [0.25, 0.3) is 6.08 Å². The number of hydrogen-bond donors (Lipinski definition) is 0. The van der Waals surface area contributed by atoms with E-state index in [4.69, 9.17) is 0 Å². The number of rotatable bonds is 2. The highest BCUT2D eigenvalue weighted by molar-refractivity contribution is 9.09. The van der Waals surface area contributed by atoms with Crippen LogP contribution in [0.15, 0.2) is 30.3 Å². The summed E-state index contributed by atoms with van der Waals surface area (Å²) in [4.78, 5) is 0. The second-order valence-electron chi connectivity index (χ2n) is 2.11. The van der Waals surface area contributed by atoms with Crippen molar-refractivity contribution in [2.45, 2.75) is 0 Å². The van der Waals surface area contributed by atoms with E-state index in [1.165, 1.54) is 12.1 Å². The van der Waals surface area contributed by atoms with Gasteiger partial charge in [0.25, 0.3) is 0 Å². The maximum Gasteiger partial charge on any atom is 0.123 e. The topological polar surface area (TPSA) is 0 Å². The average molecular weight is 215 g/mol. The lowest BCUT2D eigenvalue weighted by atomic mass is 10.2. The predicted octanol–water partition coefficient (Wildman–Crippen LogP) is 3.23. The first kappa shape index (κ1) is 8.47. The van der Waals surface area contributed by atoms with Gasteiger partial charge in [0.1, 0.15) is 5.82 Å².